The van der Waals surface area contributed by atoms with Crippen LogP contribution >= 0.6 is 11.8 Å². The summed E-state index contributed by atoms with van der Waals surface area (Å²) in [5, 5.41) is 0. The average molecular weight is 385 g/mol. The molecule has 2 aliphatic heterocycles. The molecule has 0 spiro atoms. The van der Waals surface area contributed by atoms with E-state index in [1.807, 2.05) is 29.3 Å². The van der Waals surface area contributed by atoms with Crippen LogP contribution in [-0.4, -0.2) is 59.4 Å². The number of hydrogen-bond acceptors (Lipinski definition) is 6. The molecule has 0 bridgehead atoms. The van der Waals surface area contributed by atoms with E-state index in [1.165, 1.54) is 5.56 Å². The van der Waals surface area contributed by atoms with Gasteiger partial charge in [-0.2, -0.15) is 0 Å². The number of fused-ring (bicyclic) bond motifs is 1. The number of carbonyl (C=O) groups excluding carboxylic acids is 1. The summed E-state index contributed by atoms with van der Waals surface area (Å²) in [6.07, 6.45) is 2.76. The van der Waals surface area contributed by atoms with Crippen LogP contribution in [0.25, 0.3) is 0 Å². The van der Waals surface area contributed by atoms with Gasteiger partial charge in [-0.05, 0) is 17.5 Å². The molecule has 0 saturated carbocycles. The second kappa shape index (κ2) is 8.71. The predicted octanol–water partition coefficient (Wildman–Crippen LogP) is 2.13. The maximum atomic E-state index is 12.6. The van der Waals surface area contributed by atoms with E-state index in [9.17, 15) is 4.79 Å². The molecular weight excluding hydrogens is 360 g/mol. The third kappa shape index (κ3) is 4.59. The van der Waals surface area contributed by atoms with Gasteiger partial charge in [0.05, 0.1) is 31.2 Å². The smallest absolute Gasteiger partial charge is 0.232 e. The van der Waals surface area contributed by atoms with E-state index in [1.54, 1.807) is 11.8 Å². The lowest BCUT2D eigenvalue weighted by Gasteiger charge is -2.30. The van der Waals surface area contributed by atoms with Gasteiger partial charge in [0.2, 0.25) is 11.9 Å². The first-order valence-corrected chi connectivity index (χ1v) is 10.5. The van der Waals surface area contributed by atoms with Crippen LogP contribution in [0.3, 0.4) is 0 Å². The summed E-state index contributed by atoms with van der Waals surface area (Å²) in [4.78, 5) is 26.0. The van der Waals surface area contributed by atoms with Gasteiger partial charge in [0.15, 0.2) is 0 Å². The first-order valence-electron chi connectivity index (χ1n) is 9.36. The highest BCUT2D eigenvalue weighted by atomic mass is 32.2. The SMILES string of the molecule is O=C(CSCc1ccccc1)N1CCc2cnc(N3CCOCC3)nc2C1. The van der Waals surface area contributed by atoms with E-state index in [4.69, 9.17) is 9.72 Å². The van der Waals surface area contributed by atoms with Crippen LogP contribution in [0.2, 0.25) is 0 Å². The van der Waals surface area contributed by atoms with Gasteiger partial charge in [0.25, 0.3) is 0 Å². The lowest BCUT2D eigenvalue weighted by atomic mass is 10.1. The first kappa shape index (κ1) is 18.3. The minimum absolute atomic E-state index is 0.188. The molecule has 2 aliphatic rings. The molecule has 0 unspecified atom stereocenters. The highest BCUT2D eigenvalue weighted by Gasteiger charge is 2.23. The van der Waals surface area contributed by atoms with Gasteiger partial charge in [-0.1, -0.05) is 30.3 Å². The summed E-state index contributed by atoms with van der Waals surface area (Å²) in [7, 11) is 0. The van der Waals surface area contributed by atoms with Crippen molar-refractivity contribution < 1.29 is 9.53 Å². The van der Waals surface area contributed by atoms with Gasteiger partial charge in [-0.3, -0.25) is 4.79 Å². The molecule has 1 aromatic carbocycles. The second-order valence-electron chi connectivity index (χ2n) is 6.79. The van der Waals surface area contributed by atoms with Crippen LogP contribution in [0, 0.1) is 0 Å². The Morgan fingerprint density at radius 3 is 2.78 bits per heavy atom. The number of amides is 1. The largest absolute Gasteiger partial charge is 0.378 e. The molecule has 7 heteroatoms. The van der Waals surface area contributed by atoms with Crippen LogP contribution in [-0.2, 0) is 28.2 Å². The first-order chi connectivity index (χ1) is 13.3. The van der Waals surface area contributed by atoms with Crippen LogP contribution in [0.4, 0.5) is 5.95 Å². The van der Waals surface area contributed by atoms with E-state index in [0.717, 1.165) is 49.0 Å². The maximum Gasteiger partial charge on any atom is 0.232 e. The number of nitrogens with zero attached hydrogens (tertiary/aromatic N) is 4. The van der Waals surface area contributed by atoms with Gasteiger partial charge < -0.3 is 14.5 Å². The zero-order valence-electron chi connectivity index (χ0n) is 15.3. The van der Waals surface area contributed by atoms with Crippen molar-refractivity contribution in [3.8, 4) is 0 Å². The van der Waals surface area contributed by atoms with Gasteiger partial charge >= 0.3 is 0 Å². The van der Waals surface area contributed by atoms with Crippen molar-refractivity contribution in [1.29, 1.82) is 0 Å². The molecule has 0 atom stereocenters. The molecule has 1 aromatic heterocycles. The summed E-state index contributed by atoms with van der Waals surface area (Å²) in [6.45, 7) is 4.39. The third-order valence-electron chi connectivity index (χ3n) is 4.92. The lowest BCUT2D eigenvalue weighted by Crippen LogP contribution is -2.40. The monoisotopic (exact) mass is 384 g/mol. The van der Waals surface area contributed by atoms with E-state index >= 15 is 0 Å². The number of morpholine rings is 1. The summed E-state index contributed by atoms with van der Waals surface area (Å²) < 4.78 is 5.40. The summed E-state index contributed by atoms with van der Waals surface area (Å²) in [6, 6.07) is 10.3. The number of aromatic nitrogens is 2. The molecule has 0 radical (unpaired) electrons. The fraction of sp³-hybridized carbons (Fsp3) is 0.450. The Hall–Kier alpha value is -2.12. The predicted molar refractivity (Wildman–Crippen MR) is 107 cm³/mol. The fourth-order valence-electron chi connectivity index (χ4n) is 3.34. The number of rotatable bonds is 5. The summed E-state index contributed by atoms with van der Waals surface area (Å²) in [5.74, 6) is 2.31. The van der Waals surface area contributed by atoms with Crippen molar-refractivity contribution in [2.45, 2.75) is 18.7 Å². The van der Waals surface area contributed by atoms with E-state index < -0.39 is 0 Å². The number of hydrogen-bond donors (Lipinski definition) is 0. The third-order valence-corrected chi connectivity index (χ3v) is 5.91. The van der Waals surface area contributed by atoms with Crippen molar-refractivity contribution in [2.24, 2.45) is 0 Å². The van der Waals surface area contributed by atoms with Crippen LogP contribution in [0.1, 0.15) is 16.8 Å². The Bertz CT molecular complexity index is 781. The van der Waals surface area contributed by atoms with Crippen LogP contribution in [0.5, 0.6) is 0 Å². The molecule has 0 N–H and O–H groups in total. The zero-order valence-corrected chi connectivity index (χ0v) is 16.2. The molecule has 142 valence electrons. The van der Waals surface area contributed by atoms with Gasteiger partial charge in [0, 0.05) is 31.6 Å². The van der Waals surface area contributed by atoms with Crippen molar-refractivity contribution >= 4 is 23.6 Å². The highest BCUT2D eigenvalue weighted by molar-refractivity contribution is 7.99. The zero-order chi connectivity index (χ0) is 18.5. The van der Waals surface area contributed by atoms with Crippen molar-refractivity contribution in [3.63, 3.8) is 0 Å². The highest BCUT2D eigenvalue weighted by Crippen LogP contribution is 2.21. The number of ether oxygens (including phenoxy) is 1. The molecule has 4 rings (SSSR count). The van der Waals surface area contributed by atoms with E-state index in [0.29, 0.717) is 25.5 Å². The van der Waals surface area contributed by atoms with Gasteiger partial charge in [0.1, 0.15) is 0 Å². The minimum atomic E-state index is 0.188. The average Bonchev–Trinajstić information content (AvgIpc) is 2.74. The van der Waals surface area contributed by atoms with Crippen LogP contribution < -0.4 is 4.90 Å². The van der Waals surface area contributed by atoms with Gasteiger partial charge in [-0.25, -0.2) is 9.97 Å². The molecule has 0 aliphatic carbocycles. The molecule has 27 heavy (non-hydrogen) atoms. The van der Waals surface area contributed by atoms with Crippen molar-refractivity contribution in [3.05, 3.63) is 53.3 Å². The number of thioether (sulfide) groups is 1. The van der Waals surface area contributed by atoms with Crippen molar-refractivity contribution in [2.75, 3.05) is 43.5 Å². The number of carbonyl (C=O) groups is 1. The Balaban J connectivity index is 1.34. The molecular formula is C20H24N4O2S. The lowest BCUT2D eigenvalue weighted by molar-refractivity contribution is -0.129. The molecule has 1 fully saturated rings. The quantitative estimate of drug-likeness (QED) is 0.787. The standard InChI is InChI=1S/C20H24N4O2S/c25-19(15-27-14-16-4-2-1-3-5-16)24-7-6-17-12-21-20(22-18(17)13-24)23-8-10-26-11-9-23/h1-5,12H,6-11,13-15H2. The molecule has 2 aromatic rings. The molecule has 1 amide bonds. The van der Waals surface area contributed by atoms with Crippen molar-refractivity contribution in [1.82, 2.24) is 14.9 Å². The number of benzene rings is 1. The Kier molecular flexibility index (Phi) is 5.89. The molecule has 3 heterocycles. The Morgan fingerprint density at radius 1 is 1.15 bits per heavy atom. The van der Waals surface area contributed by atoms with E-state index in [-0.39, 0.29) is 5.91 Å². The topological polar surface area (TPSA) is 58.6 Å². The second-order valence-corrected chi connectivity index (χ2v) is 7.77. The van der Waals surface area contributed by atoms with Gasteiger partial charge in [-0.15, -0.1) is 11.8 Å². The molecule has 1 saturated heterocycles. The molecule has 6 nitrogen and oxygen atoms in total. The summed E-state index contributed by atoms with van der Waals surface area (Å²) >= 11 is 1.67. The summed E-state index contributed by atoms with van der Waals surface area (Å²) in [5.41, 5.74) is 3.40. The Morgan fingerprint density at radius 2 is 1.96 bits per heavy atom. The van der Waals surface area contributed by atoms with E-state index in [2.05, 4.69) is 22.0 Å². The number of anilines is 1. The normalized spacial score (nSPS) is 16.9. The maximum absolute atomic E-state index is 12.6. The van der Waals surface area contributed by atoms with Crippen LogP contribution in [0.15, 0.2) is 36.5 Å². The minimum Gasteiger partial charge on any atom is -0.378 e. The fourth-order valence-corrected chi connectivity index (χ4v) is 4.23. The Labute approximate surface area is 163 Å².